The maximum absolute atomic E-state index is 6.44. The summed E-state index contributed by atoms with van der Waals surface area (Å²) in [4.78, 5) is 0. The highest BCUT2D eigenvalue weighted by atomic mass is 79.9. The Morgan fingerprint density at radius 1 is 1.11 bits per heavy atom. The lowest BCUT2D eigenvalue weighted by Crippen LogP contribution is -2.35. The van der Waals surface area contributed by atoms with Crippen molar-refractivity contribution < 1.29 is 0 Å². The summed E-state index contributed by atoms with van der Waals surface area (Å²) < 4.78 is 1.01. The Labute approximate surface area is 131 Å². The summed E-state index contributed by atoms with van der Waals surface area (Å²) in [7, 11) is 0. The lowest BCUT2D eigenvalue weighted by Gasteiger charge is -2.26. The summed E-state index contributed by atoms with van der Waals surface area (Å²) in [5.74, 6) is 0. The monoisotopic (exact) mass is 357 g/mol. The van der Waals surface area contributed by atoms with Crippen molar-refractivity contribution in [1.82, 2.24) is 0 Å². The van der Waals surface area contributed by atoms with Crippen LogP contribution < -0.4 is 5.73 Å². The van der Waals surface area contributed by atoms with Crippen LogP contribution in [0, 0.1) is 0 Å². The van der Waals surface area contributed by atoms with Gasteiger partial charge in [-0.05, 0) is 48.7 Å². The number of hydrogen-bond acceptors (Lipinski definition) is 1. The molecule has 4 heteroatoms. The van der Waals surface area contributed by atoms with Crippen molar-refractivity contribution in [2.45, 2.75) is 18.9 Å². The van der Waals surface area contributed by atoms with Crippen LogP contribution in [0.3, 0.4) is 0 Å². The van der Waals surface area contributed by atoms with Crippen molar-refractivity contribution in [3.05, 3.63) is 68.1 Å². The molecule has 2 aromatic rings. The van der Waals surface area contributed by atoms with Gasteiger partial charge >= 0.3 is 0 Å². The van der Waals surface area contributed by atoms with Crippen LogP contribution in [-0.4, -0.2) is 0 Å². The average molecular weight is 359 g/mol. The third-order valence-electron chi connectivity index (χ3n) is 3.09. The molecule has 2 rings (SSSR count). The molecule has 1 nitrogen and oxygen atoms in total. The van der Waals surface area contributed by atoms with E-state index in [1.165, 1.54) is 0 Å². The highest BCUT2D eigenvalue weighted by molar-refractivity contribution is 9.10. The smallest absolute Gasteiger partial charge is 0.0453 e. The van der Waals surface area contributed by atoms with Crippen LogP contribution in [0.2, 0.25) is 10.0 Å². The molecule has 0 saturated carbocycles. The van der Waals surface area contributed by atoms with Crippen LogP contribution in [-0.2, 0) is 12.0 Å². The summed E-state index contributed by atoms with van der Waals surface area (Å²) in [6.07, 6.45) is 0.585. The van der Waals surface area contributed by atoms with Crippen LogP contribution in [0.5, 0.6) is 0 Å². The van der Waals surface area contributed by atoms with Crippen molar-refractivity contribution >= 4 is 39.1 Å². The van der Waals surface area contributed by atoms with E-state index in [1.807, 2.05) is 49.4 Å². The predicted octanol–water partition coefficient (Wildman–Crippen LogP) is 5.17. The fourth-order valence-electron chi connectivity index (χ4n) is 2.01. The van der Waals surface area contributed by atoms with Gasteiger partial charge in [-0.3, -0.25) is 0 Å². The van der Waals surface area contributed by atoms with Crippen LogP contribution in [0.25, 0.3) is 0 Å². The molecule has 100 valence electrons. The normalized spacial score (nSPS) is 14.2. The summed E-state index contributed by atoms with van der Waals surface area (Å²) in [6, 6.07) is 13.5. The summed E-state index contributed by atoms with van der Waals surface area (Å²) in [5.41, 5.74) is 7.83. The number of nitrogens with two attached hydrogens (primary N) is 1. The van der Waals surface area contributed by atoms with E-state index in [-0.39, 0.29) is 0 Å². The maximum Gasteiger partial charge on any atom is 0.0453 e. The highest BCUT2D eigenvalue weighted by Crippen LogP contribution is 2.32. The third kappa shape index (κ3) is 3.51. The van der Waals surface area contributed by atoms with E-state index < -0.39 is 5.54 Å². The topological polar surface area (TPSA) is 26.0 Å². The van der Waals surface area contributed by atoms with Crippen molar-refractivity contribution in [2.24, 2.45) is 5.73 Å². The van der Waals surface area contributed by atoms with Crippen LogP contribution in [0.15, 0.2) is 46.9 Å². The van der Waals surface area contributed by atoms with E-state index in [1.54, 1.807) is 0 Å². The molecule has 1 atom stereocenters. The minimum Gasteiger partial charge on any atom is -0.321 e. The van der Waals surface area contributed by atoms with Crippen molar-refractivity contribution in [3.8, 4) is 0 Å². The minimum atomic E-state index is -0.529. The Morgan fingerprint density at radius 3 is 2.26 bits per heavy atom. The minimum absolute atomic E-state index is 0.529. The van der Waals surface area contributed by atoms with Crippen molar-refractivity contribution in [3.63, 3.8) is 0 Å². The molecule has 0 spiro atoms. The zero-order valence-electron chi connectivity index (χ0n) is 10.5. The second kappa shape index (κ2) is 5.84. The van der Waals surface area contributed by atoms with E-state index in [4.69, 9.17) is 28.9 Å². The highest BCUT2D eigenvalue weighted by Gasteiger charge is 2.24. The third-order valence-corrected chi connectivity index (χ3v) is 4.29. The van der Waals surface area contributed by atoms with Crippen LogP contribution in [0.4, 0.5) is 0 Å². The molecular formula is C15H14BrCl2N. The molecule has 2 N–H and O–H groups in total. The fourth-order valence-corrected chi connectivity index (χ4v) is 2.94. The van der Waals surface area contributed by atoms with Gasteiger partial charge in [0.25, 0.3) is 0 Å². The molecular weight excluding hydrogens is 345 g/mol. The Bertz CT molecular complexity index is 576. The summed E-state index contributed by atoms with van der Waals surface area (Å²) >= 11 is 15.9. The lowest BCUT2D eigenvalue weighted by atomic mass is 9.86. The molecule has 0 heterocycles. The van der Waals surface area contributed by atoms with Crippen LogP contribution in [0.1, 0.15) is 18.1 Å². The zero-order valence-corrected chi connectivity index (χ0v) is 13.6. The van der Waals surface area contributed by atoms with Crippen molar-refractivity contribution in [2.75, 3.05) is 0 Å². The second-order valence-electron chi connectivity index (χ2n) is 4.80. The standard InChI is InChI=1S/C15H14BrCl2N/c1-15(19,10-4-2-5-11(16)8-10)9-12-13(17)6-3-7-14(12)18/h2-8H,9,19H2,1H3. The summed E-state index contributed by atoms with van der Waals surface area (Å²) in [5, 5.41) is 1.30. The van der Waals surface area contributed by atoms with Gasteiger partial charge in [-0.15, -0.1) is 0 Å². The fraction of sp³-hybridized carbons (Fsp3) is 0.200. The first-order chi connectivity index (χ1) is 8.90. The van der Waals surface area contributed by atoms with Gasteiger partial charge in [-0.25, -0.2) is 0 Å². The number of halogens is 3. The van der Waals surface area contributed by atoms with Crippen molar-refractivity contribution in [1.29, 1.82) is 0 Å². The Kier molecular flexibility index (Phi) is 4.57. The first kappa shape index (κ1) is 14.9. The van der Waals surface area contributed by atoms with Gasteiger partial charge in [0.2, 0.25) is 0 Å². The lowest BCUT2D eigenvalue weighted by molar-refractivity contribution is 0.491. The zero-order chi connectivity index (χ0) is 14.0. The Morgan fingerprint density at radius 2 is 1.68 bits per heavy atom. The molecule has 0 aliphatic rings. The predicted molar refractivity (Wildman–Crippen MR) is 85.8 cm³/mol. The second-order valence-corrected chi connectivity index (χ2v) is 6.53. The molecule has 0 aliphatic heterocycles. The van der Waals surface area contributed by atoms with E-state index in [0.717, 1.165) is 15.6 Å². The van der Waals surface area contributed by atoms with Gasteiger partial charge in [-0.1, -0.05) is 57.3 Å². The first-order valence-electron chi connectivity index (χ1n) is 5.88. The molecule has 0 aliphatic carbocycles. The van der Waals surface area contributed by atoms with E-state index in [9.17, 15) is 0 Å². The van der Waals surface area contributed by atoms with Gasteiger partial charge in [0.15, 0.2) is 0 Å². The molecule has 0 amide bonds. The van der Waals surface area contributed by atoms with E-state index in [0.29, 0.717) is 16.5 Å². The first-order valence-corrected chi connectivity index (χ1v) is 7.43. The molecule has 19 heavy (non-hydrogen) atoms. The summed E-state index contributed by atoms with van der Waals surface area (Å²) in [6.45, 7) is 1.98. The molecule has 0 aromatic heterocycles. The number of hydrogen-bond donors (Lipinski definition) is 1. The molecule has 0 saturated heterocycles. The largest absolute Gasteiger partial charge is 0.321 e. The van der Waals surface area contributed by atoms with E-state index in [2.05, 4.69) is 15.9 Å². The average Bonchev–Trinajstić information content (AvgIpc) is 2.34. The Hall–Kier alpha value is -0.540. The van der Waals surface area contributed by atoms with Gasteiger partial charge in [0, 0.05) is 20.1 Å². The molecule has 2 aromatic carbocycles. The number of benzene rings is 2. The van der Waals surface area contributed by atoms with Gasteiger partial charge in [0.1, 0.15) is 0 Å². The van der Waals surface area contributed by atoms with Gasteiger partial charge in [-0.2, -0.15) is 0 Å². The molecule has 0 bridgehead atoms. The molecule has 0 radical (unpaired) electrons. The molecule has 0 fully saturated rings. The quantitative estimate of drug-likeness (QED) is 0.804. The van der Waals surface area contributed by atoms with Gasteiger partial charge in [0.05, 0.1) is 0 Å². The van der Waals surface area contributed by atoms with Gasteiger partial charge < -0.3 is 5.73 Å². The molecule has 1 unspecified atom stereocenters. The van der Waals surface area contributed by atoms with E-state index >= 15 is 0 Å². The SMILES string of the molecule is CC(N)(Cc1c(Cl)cccc1Cl)c1cccc(Br)c1. The maximum atomic E-state index is 6.44. The Balaban J connectivity index is 2.36. The number of rotatable bonds is 3. The van der Waals surface area contributed by atoms with Crippen LogP contribution >= 0.6 is 39.1 Å².